The molecule has 0 unspecified atom stereocenters. The summed E-state index contributed by atoms with van der Waals surface area (Å²) in [5.41, 5.74) is 2.69. The van der Waals surface area contributed by atoms with Crippen LogP contribution in [0.5, 0.6) is 0 Å². The lowest BCUT2D eigenvalue weighted by Gasteiger charge is -2.05. The van der Waals surface area contributed by atoms with Gasteiger partial charge < -0.3 is 10.6 Å². The molecule has 0 aliphatic carbocycles. The lowest BCUT2D eigenvalue weighted by molar-refractivity contribution is -0.112. The van der Waals surface area contributed by atoms with Gasteiger partial charge in [0.2, 0.25) is 0 Å². The van der Waals surface area contributed by atoms with Crippen LogP contribution in [0.3, 0.4) is 0 Å². The van der Waals surface area contributed by atoms with E-state index in [1.807, 2.05) is 45.0 Å². The molecule has 100 valence electrons. The second-order valence-corrected chi connectivity index (χ2v) is 4.98. The average Bonchev–Trinajstić information content (AvgIpc) is 2.80. The molecule has 1 amide bonds. The van der Waals surface area contributed by atoms with Crippen LogP contribution < -0.4 is 10.6 Å². The first-order valence-electron chi connectivity index (χ1n) is 6.45. The van der Waals surface area contributed by atoms with Crippen molar-refractivity contribution in [3.8, 4) is 0 Å². The number of aliphatic imine (C=N–C) groups is 1. The Balaban J connectivity index is 1.97. The molecular weight excluding hydrogens is 238 g/mol. The number of hydrogen-bond acceptors (Lipinski definition) is 2. The van der Waals surface area contributed by atoms with E-state index in [-0.39, 0.29) is 11.9 Å². The first-order valence-corrected chi connectivity index (χ1v) is 6.45. The topological polar surface area (TPSA) is 53.5 Å². The molecule has 0 radical (unpaired) electrons. The molecule has 1 aliphatic heterocycles. The number of benzene rings is 1. The number of nitrogens with zero attached hydrogens (tertiary/aromatic N) is 1. The lowest BCUT2D eigenvalue weighted by atomic mass is 10.2. The van der Waals surface area contributed by atoms with E-state index in [2.05, 4.69) is 15.6 Å². The van der Waals surface area contributed by atoms with E-state index in [1.165, 1.54) is 5.56 Å². The van der Waals surface area contributed by atoms with Gasteiger partial charge in [-0.2, -0.15) is 0 Å². The predicted molar refractivity (Wildman–Crippen MR) is 78.2 cm³/mol. The molecule has 0 atom stereocenters. The van der Waals surface area contributed by atoms with Crippen molar-refractivity contribution < 1.29 is 4.79 Å². The SMILES string of the molecule is Cc1ccc(NC(=O)C2=CNC(=NC(C)C)C2)cc1. The van der Waals surface area contributed by atoms with Crippen LogP contribution in [0, 0.1) is 6.92 Å². The summed E-state index contributed by atoms with van der Waals surface area (Å²) in [6.07, 6.45) is 2.29. The summed E-state index contributed by atoms with van der Waals surface area (Å²) in [4.78, 5) is 16.5. The van der Waals surface area contributed by atoms with Gasteiger partial charge in [-0.15, -0.1) is 0 Å². The number of carbonyl (C=O) groups excluding carboxylic acids is 1. The molecule has 1 heterocycles. The van der Waals surface area contributed by atoms with Gasteiger partial charge in [0.15, 0.2) is 0 Å². The minimum Gasteiger partial charge on any atom is -0.350 e. The van der Waals surface area contributed by atoms with Gasteiger partial charge in [0.25, 0.3) is 5.91 Å². The fraction of sp³-hybridized carbons (Fsp3) is 0.333. The fourth-order valence-corrected chi connectivity index (χ4v) is 1.84. The molecule has 19 heavy (non-hydrogen) atoms. The van der Waals surface area contributed by atoms with Crippen molar-refractivity contribution in [1.29, 1.82) is 0 Å². The number of anilines is 1. The lowest BCUT2D eigenvalue weighted by Crippen LogP contribution is -2.15. The first-order chi connectivity index (χ1) is 9.04. The molecule has 0 saturated heterocycles. The maximum atomic E-state index is 12.1. The van der Waals surface area contributed by atoms with Crippen molar-refractivity contribution in [2.24, 2.45) is 4.99 Å². The third kappa shape index (κ3) is 3.68. The van der Waals surface area contributed by atoms with E-state index in [0.717, 1.165) is 11.5 Å². The van der Waals surface area contributed by atoms with Crippen molar-refractivity contribution in [3.05, 3.63) is 41.6 Å². The number of amidine groups is 1. The molecule has 0 bridgehead atoms. The summed E-state index contributed by atoms with van der Waals surface area (Å²) in [5, 5.41) is 5.92. The predicted octanol–water partition coefficient (Wildman–Crippen LogP) is 2.62. The zero-order valence-electron chi connectivity index (χ0n) is 11.5. The summed E-state index contributed by atoms with van der Waals surface area (Å²) in [6.45, 7) is 6.04. The standard InChI is InChI=1S/C15H19N3O/c1-10(2)17-14-8-12(9-16-14)15(19)18-13-6-4-11(3)5-7-13/h4-7,9-10H,8H2,1-3H3,(H,16,17)(H,18,19). The smallest absolute Gasteiger partial charge is 0.253 e. The minimum absolute atomic E-state index is 0.0784. The summed E-state index contributed by atoms with van der Waals surface area (Å²) < 4.78 is 0. The molecule has 1 aliphatic rings. The minimum atomic E-state index is -0.0784. The van der Waals surface area contributed by atoms with Gasteiger partial charge in [-0.25, -0.2) is 0 Å². The highest BCUT2D eigenvalue weighted by Gasteiger charge is 2.18. The fourth-order valence-electron chi connectivity index (χ4n) is 1.84. The first kappa shape index (κ1) is 13.3. The number of amides is 1. The van der Waals surface area contributed by atoms with E-state index in [9.17, 15) is 4.79 Å². The van der Waals surface area contributed by atoms with Crippen molar-refractivity contribution in [3.63, 3.8) is 0 Å². The van der Waals surface area contributed by atoms with Gasteiger partial charge in [0, 0.05) is 29.9 Å². The molecular formula is C15H19N3O. The maximum Gasteiger partial charge on any atom is 0.253 e. The molecule has 2 rings (SSSR count). The third-order valence-electron chi connectivity index (χ3n) is 2.79. The van der Waals surface area contributed by atoms with Gasteiger partial charge >= 0.3 is 0 Å². The van der Waals surface area contributed by atoms with E-state index >= 15 is 0 Å². The summed E-state index contributed by atoms with van der Waals surface area (Å²) >= 11 is 0. The summed E-state index contributed by atoms with van der Waals surface area (Å²) in [5.74, 6) is 0.773. The molecule has 0 aromatic heterocycles. The van der Waals surface area contributed by atoms with Gasteiger partial charge in [0.05, 0.1) is 0 Å². The van der Waals surface area contributed by atoms with E-state index in [4.69, 9.17) is 0 Å². The van der Waals surface area contributed by atoms with E-state index in [0.29, 0.717) is 12.0 Å². The number of carbonyl (C=O) groups is 1. The molecule has 2 N–H and O–H groups in total. The van der Waals surface area contributed by atoms with Gasteiger partial charge in [-0.05, 0) is 32.9 Å². The summed E-state index contributed by atoms with van der Waals surface area (Å²) in [7, 11) is 0. The zero-order valence-corrected chi connectivity index (χ0v) is 11.5. The number of hydrogen-bond donors (Lipinski definition) is 2. The molecule has 1 aromatic rings. The number of nitrogens with one attached hydrogen (secondary N) is 2. The molecule has 1 aromatic carbocycles. The van der Waals surface area contributed by atoms with Crippen molar-refractivity contribution in [1.82, 2.24) is 5.32 Å². The van der Waals surface area contributed by atoms with Crippen LogP contribution >= 0.6 is 0 Å². The number of rotatable bonds is 3. The Bertz CT molecular complexity index is 527. The van der Waals surface area contributed by atoms with Gasteiger partial charge in [0.1, 0.15) is 5.84 Å². The molecule has 4 heteroatoms. The summed E-state index contributed by atoms with van der Waals surface area (Å²) in [6, 6.07) is 7.99. The van der Waals surface area contributed by atoms with E-state index in [1.54, 1.807) is 6.20 Å². The van der Waals surface area contributed by atoms with Crippen LogP contribution in [0.4, 0.5) is 5.69 Å². The quantitative estimate of drug-likeness (QED) is 0.874. The Morgan fingerprint density at radius 2 is 2.00 bits per heavy atom. The van der Waals surface area contributed by atoms with Crippen molar-refractivity contribution >= 4 is 17.4 Å². The molecule has 4 nitrogen and oxygen atoms in total. The Kier molecular flexibility index (Phi) is 4.00. The highest BCUT2D eigenvalue weighted by atomic mass is 16.1. The Labute approximate surface area is 113 Å². The van der Waals surface area contributed by atoms with Crippen molar-refractivity contribution in [2.75, 3.05) is 5.32 Å². The largest absolute Gasteiger partial charge is 0.350 e. The normalized spacial score (nSPS) is 16.4. The third-order valence-corrected chi connectivity index (χ3v) is 2.79. The molecule has 0 saturated carbocycles. The van der Waals surface area contributed by atoms with Crippen molar-refractivity contribution in [2.45, 2.75) is 33.2 Å². The Hall–Kier alpha value is -2.10. The Morgan fingerprint density at radius 1 is 1.32 bits per heavy atom. The maximum absolute atomic E-state index is 12.1. The van der Waals surface area contributed by atoms with Gasteiger partial charge in [-0.1, -0.05) is 17.7 Å². The molecule has 0 spiro atoms. The average molecular weight is 257 g/mol. The number of aryl methyl sites for hydroxylation is 1. The van der Waals surface area contributed by atoms with Crippen LogP contribution in [-0.2, 0) is 4.79 Å². The van der Waals surface area contributed by atoms with Crippen LogP contribution in [0.2, 0.25) is 0 Å². The van der Waals surface area contributed by atoms with Crippen LogP contribution in [-0.4, -0.2) is 17.8 Å². The van der Waals surface area contributed by atoms with E-state index < -0.39 is 0 Å². The molecule has 0 fully saturated rings. The van der Waals surface area contributed by atoms with Crippen LogP contribution in [0.25, 0.3) is 0 Å². The Morgan fingerprint density at radius 3 is 2.63 bits per heavy atom. The monoisotopic (exact) mass is 257 g/mol. The highest BCUT2D eigenvalue weighted by Crippen LogP contribution is 2.14. The van der Waals surface area contributed by atoms with Crippen LogP contribution in [0.15, 0.2) is 41.0 Å². The zero-order chi connectivity index (χ0) is 13.8. The van der Waals surface area contributed by atoms with Gasteiger partial charge in [-0.3, -0.25) is 9.79 Å². The van der Waals surface area contributed by atoms with Crippen LogP contribution in [0.1, 0.15) is 25.8 Å². The highest BCUT2D eigenvalue weighted by molar-refractivity contribution is 6.09. The second-order valence-electron chi connectivity index (χ2n) is 4.98. The second kappa shape index (κ2) is 5.69.